The Labute approximate surface area is 80.4 Å². The zero-order valence-corrected chi connectivity index (χ0v) is 8.96. The molecule has 0 saturated carbocycles. The van der Waals surface area contributed by atoms with Crippen LogP contribution in [0.2, 0.25) is 0 Å². The third-order valence-corrected chi connectivity index (χ3v) is 1.52. The minimum Gasteiger partial charge on any atom is -0.462 e. The topological polar surface area (TPSA) is 29.5 Å². The van der Waals surface area contributed by atoms with Crippen molar-refractivity contribution in [3.8, 4) is 0 Å². The first kappa shape index (κ1) is 12.2. The summed E-state index contributed by atoms with van der Waals surface area (Å²) in [6, 6.07) is 0. The molecule has 13 heavy (non-hydrogen) atoms. The summed E-state index contributed by atoms with van der Waals surface area (Å²) >= 11 is 0. The van der Waals surface area contributed by atoms with E-state index >= 15 is 0 Å². The molecule has 0 aromatic heterocycles. The quantitative estimate of drug-likeness (QED) is 0.477. The molecule has 0 bridgehead atoms. The monoisotopic (exact) mass is 185 g/mol. The van der Waals surface area contributed by atoms with Crippen LogP contribution in [0, 0.1) is 5.92 Å². The number of ether oxygens (including phenoxy) is 1. The van der Waals surface area contributed by atoms with E-state index in [0.29, 0.717) is 18.1 Å². The fourth-order valence-electron chi connectivity index (χ4n) is 1.02. The van der Waals surface area contributed by atoms with Gasteiger partial charge in [-0.25, -0.2) is 4.79 Å². The first-order chi connectivity index (χ1) is 5.93. The smallest absolute Gasteiger partial charge is 0.333 e. The first-order valence-corrected chi connectivity index (χ1v) is 4.40. The fraction of sp³-hybridized carbons (Fsp3) is 0.700. The summed E-state index contributed by atoms with van der Waals surface area (Å²) in [6.07, 6.45) is 0. The molecule has 0 fully saturated rings. The number of nitrogens with zero attached hydrogens (tertiary/aromatic N) is 1. The van der Waals surface area contributed by atoms with Crippen molar-refractivity contribution in [1.29, 1.82) is 0 Å². The van der Waals surface area contributed by atoms with Crippen molar-refractivity contribution in [2.24, 2.45) is 5.92 Å². The molecule has 76 valence electrons. The second-order valence-corrected chi connectivity index (χ2v) is 3.75. The second-order valence-electron chi connectivity index (χ2n) is 3.75. The Kier molecular flexibility index (Phi) is 5.39. The zero-order valence-electron chi connectivity index (χ0n) is 8.96. The van der Waals surface area contributed by atoms with E-state index in [2.05, 4.69) is 11.5 Å². The van der Waals surface area contributed by atoms with E-state index in [9.17, 15) is 4.79 Å². The number of carbonyl (C=O) groups excluding carboxylic acids is 1. The fourth-order valence-corrected chi connectivity index (χ4v) is 1.02. The Morgan fingerprint density at radius 1 is 1.54 bits per heavy atom. The van der Waals surface area contributed by atoms with Crippen molar-refractivity contribution in [3.63, 3.8) is 0 Å². The van der Waals surface area contributed by atoms with Crippen molar-refractivity contribution in [2.75, 3.05) is 27.2 Å². The molecule has 0 saturated heterocycles. The van der Waals surface area contributed by atoms with E-state index in [0.717, 1.165) is 6.54 Å². The van der Waals surface area contributed by atoms with E-state index < -0.39 is 0 Å². The van der Waals surface area contributed by atoms with Crippen LogP contribution in [0.15, 0.2) is 12.2 Å². The Hall–Kier alpha value is -0.830. The van der Waals surface area contributed by atoms with Gasteiger partial charge in [-0.2, -0.15) is 0 Å². The SMILES string of the molecule is C=C(C)C(=O)OCC(C)CN(C)C. The van der Waals surface area contributed by atoms with Crippen LogP contribution in [0.5, 0.6) is 0 Å². The molecule has 0 aromatic carbocycles. The van der Waals surface area contributed by atoms with Crippen molar-refractivity contribution >= 4 is 5.97 Å². The maximum atomic E-state index is 11.0. The second kappa shape index (κ2) is 5.75. The minimum atomic E-state index is -0.300. The molecule has 0 radical (unpaired) electrons. The van der Waals surface area contributed by atoms with Crippen molar-refractivity contribution < 1.29 is 9.53 Å². The summed E-state index contributed by atoms with van der Waals surface area (Å²) < 4.78 is 5.00. The first-order valence-electron chi connectivity index (χ1n) is 4.40. The van der Waals surface area contributed by atoms with Gasteiger partial charge < -0.3 is 9.64 Å². The summed E-state index contributed by atoms with van der Waals surface area (Å²) in [5.41, 5.74) is 0.456. The summed E-state index contributed by atoms with van der Waals surface area (Å²) in [5, 5.41) is 0. The highest BCUT2D eigenvalue weighted by Crippen LogP contribution is 2.00. The van der Waals surface area contributed by atoms with Crippen LogP contribution in [0.4, 0.5) is 0 Å². The third kappa shape index (κ3) is 6.34. The van der Waals surface area contributed by atoms with Gasteiger partial charge in [0.2, 0.25) is 0 Å². The molecule has 0 aliphatic heterocycles. The molecule has 0 aliphatic rings. The molecule has 3 heteroatoms. The molecule has 3 nitrogen and oxygen atoms in total. The molecule has 0 spiro atoms. The molecule has 1 atom stereocenters. The van der Waals surface area contributed by atoms with Crippen LogP contribution in [-0.2, 0) is 9.53 Å². The van der Waals surface area contributed by atoms with Crippen molar-refractivity contribution in [2.45, 2.75) is 13.8 Å². The van der Waals surface area contributed by atoms with Gasteiger partial charge in [0, 0.05) is 18.0 Å². The van der Waals surface area contributed by atoms with Crippen LogP contribution < -0.4 is 0 Å². The highest BCUT2D eigenvalue weighted by Gasteiger charge is 2.08. The van der Waals surface area contributed by atoms with E-state index in [-0.39, 0.29) is 5.97 Å². The summed E-state index contributed by atoms with van der Waals surface area (Å²) in [6.45, 7) is 8.59. The van der Waals surface area contributed by atoms with Crippen molar-refractivity contribution in [3.05, 3.63) is 12.2 Å². The lowest BCUT2D eigenvalue weighted by Gasteiger charge is -2.16. The lowest BCUT2D eigenvalue weighted by atomic mass is 10.2. The normalized spacial score (nSPS) is 12.7. The molecule has 0 heterocycles. The number of carbonyl (C=O) groups is 1. The maximum absolute atomic E-state index is 11.0. The van der Waals surface area contributed by atoms with Crippen LogP contribution in [0.3, 0.4) is 0 Å². The predicted molar refractivity (Wildman–Crippen MR) is 53.5 cm³/mol. The average molecular weight is 185 g/mol. The van der Waals surface area contributed by atoms with Gasteiger partial charge in [-0.15, -0.1) is 0 Å². The summed E-state index contributed by atoms with van der Waals surface area (Å²) in [4.78, 5) is 13.1. The van der Waals surface area contributed by atoms with Crippen LogP contribution in [-0.4, -0.2) is 38.1 Å². The maximum Gasteiger partial charge on any atom is 0.333 e. The van der Waals surface area contributed by atoms with Gasteiger partial charge in [-0.3, -0.25) is 0 Å². The summed E-state index contributed by atoms with van der Waals surface area (Å²) in [5.74, 6) is 0.0592. The van der Waals surface area contributed by atoms with E-state index in [1.807, 2.05) is 21.0 Å². The average Bonchev–Trinajstić information content (AvgIpc) is 1.98. The highest BCUT2D eigenvalue weighted by molar-refractivity contribution is 5.86. The standard InChI is InChI=1S/C10H19NO2/c1-8(2)10(12)13-7-9(3)6-11(4)5/h9H,1,6-7H2,2-5H3. The molecular formula is C10H19NO2. The van der Waals surface area contributed by atoms with Gasteiger partial charge in [-0.1, -0.05) is 13.5 Å². The number of esters is 1. The molecule has 0 rings (SSSR count). The predicted octanol–water partition coefficient (Wildman–Crippen LogP) is 1.30. The molecule has 0 aromatic rings. The lowest BCUT2D eigenvalue weighted by molar-refractivity contribution is -0.140. The van der Waals surface area contributed by atoms with E-state index in [1.165, 1.54) is 0 Å². The van der Waals surface area contributed by atoms with Gasteiger partial charge in [-0.05, 0) is 21.0 Å². The van der Waals surface area contributed by atoms with E-state index in [1.54, 1.807) is 6.92 Å². The largest absolute Gasteiger partial charge is 0.462 e. The Balaban J connectivity index is 3.64. The minimum absolute atomic E-state index is 0.300. The number of hydrogen-bond acceptors (Lipinski definition) is 3. The molecule has 1 unspecified atom stereocenters. The van der Waals surface area contributed by atoms with Crippen LogP contribution >= 0.6 is 0 Å². The molecule has 0 N–H and O–H groups in total. The van der Waals surface area contributed by atoms with Crippen LogP contribution in [0.25, 0.3) is 0 Å². The molecular weight excluding hydrogens is 166 g/mol. The van der Waals surface area contributed by atoms with Gasteiger partial charge in [0.1, 0.15) is 0 Å². The third-order valence-electron chi connectivity index (χ3n) is 1.52. The number of rotatable bonds is 5. The van der Waals surface area contributed by atoms with Gasteiger partial charge in [0.05, 0.1) is 6.61 Å². The lowest BCUT2D eigenvalue weighted by Crippen LogP contribution is -2.24. The van der Waals surface area contributed by atoms with Gasteiger partial charge in [0.15, 0.2) is 0 Å². The number of hydrogen-bond donors (Lipinski definition) is 0. The van der Waals surface area contributed by atoms with Crippen LogP contribution in [0.1, 0.15) is 13.8 Å². The molecule has 0 aliphatic carbocycles. The van der Waals surface area contributed by atoms with Gasteiger partial charge >= 0.3 is 5.97 Å². The Bertz CT molecular complexity index is 187. The Morgan fingerprint density at radius 2 is 2.08 bits per heavy atom. The highest BCUT2D eigenvalue weighted by atomic mass is 16.5. The molecule has 0 amide bonds. The van der Waals surface area contributed by atoms with Gasteiger partial charge in [0.25, 0.3) is 0 Å². The summed E-state index contributed by atoms with van der Waals surface area (Å²) in [7, 11) is 3.99. The zero-order chi connectivity index (χ0) is 10.4. The van der Waals surface area contributed by atoms with Crippen molar-refractivity contribution in [1.82, 2.24) is 4.90 Å². The van der Waals surface area contributed by atoms with E-state index in [4.69, 9.17) is 4.74 Å². The Morgan fingerprint density at radius 3 is 2.46 bits per heavy atom.